The van der Waals surface area contributed by atoms with Gasteiger partial charge in [0.05, 0.1) is 0 Å². The zero-order valence-corrected chi connectivity index (χ0v) is 16.2. The summed E-state index contributed by atoms with van der Waals surface area (Å²) in [5.41, 5.74) is -0.654. The Morgan fingerprint density at radius 1 is 0.714 bits per heavy atom. The van der Waals surface area contributed by atoms with Crippen LogP contribution in [0.2, 0.25) is 0 Å². The number of nitrogens with zero attached hydrogens (tertiary/aromatic N) is 2. The Morgan fingerprint density at radius 3 is 0.952 bits per heavy atom. The summed E-state index contributed by atoms with van der Waals surface area (Å²) >= 11 is 0. The second-order valence-corrected chi connectivity index (χ2v) is 6.64. The summed E-state index contributed by atoms with van der Waals surface area (Å²) in [5.74, 6) is 0. The van der Waals surface area contributed by atoms with Crippen LogP contribution in [0.25, 0.3) is 0 Å². The molecule has 0 bridgehead atoms. The zero-order valence-electron chi connectivity index (χ0n) is 15.2. The molecule has 0 aromatic rings. The van der Waals surface area contributed by atoms with Gasteiger partial charge in [0.2, 0.25) is 0 Å². The van der Waals surface area contributed by atoms with Crippen LogP contribution in [0.4, 0.5) is 0 Å². The molecule has 0 atom stereocenters. The molecular weight excluding hydrogens is 311 g/mol. The van der Waals surface area contributed by atoms with Gasteiger partial charge in [-0.1, -0.05) is 38.9 Å². The first-order valence-corrected chi connectivity index (χ1v) is 7.18. The molecule has 128 valence electrons. The quantitative estimate of drug-likeness (QED) is 0.579. The van der Waals surface area contributed by atoms with E-state index in [1.165, 1.54) is 0 Å². The average Bonchev–Trinajstić information content (AvgIpc) is 2.13. The molecule has 0 rings (SSSR count). The first kappa shape index (κ1) is 25.7. The van der Waals surface area contributed by atoms with E-state index in [4.69, 9.17) is 0 Å². The summed E-state index contributed by atoms with van der Waals surface area (Å²) in [7, 11) is 0. The van der Waals surface area contributed by atoms with Crippen LogP contribution in [0.5, 0.6) is 0 Å². The Kier molecular flexibility index (Phi) is 12.8. The molecule has 0 aliphatic rings. The van der Waals surface area contributed by atoms with Crippen molar-refractivity contribution >= 4 is 11.4 Å². The van der Waals surface area contributed by atoms with Gasteiger partial charge >= 0.3 is 16.5 Å². The Bertz CT molecular complexity index is 301. The Hall–Kier alpha value is -0.246. The fraction of sp³-hybridized carbons (Fsp3) is 0.875. The molecular formula is C16H32N2NiO2. The Labute approximate surface area is 141 Å². The van der Waals surface area contributed by atoms with Crippen molar-refractivity contribution in [3.63, 3.8) is 0 Å². The molecule has 0 amide bonds. The van der Waals surface area contributed by atoms with Crippen LogP contribution in [-0.4, -0.2) is 34.7 Å². The van der Waals surface area contributed by atoms with Gasteiger partial charge in [-0.15, -0.1) is 0 Å². The van der Waals surface area contributed by atoms with E-state index >= 15 is 0 Å². The van der Waals surface area contributed by atoms with Crippen molar-refractivity contribution < 1.29 is 26.7 Å². The number of rotatable bonds is 4. The van der Waals surface area contributed by atoms with Crippen LogP contribution in [0, 0.1) is 0 Å². The van der Waals surface area contributed by atoms with Gasteiger partial charge in [0.25, 0.3) is 0 Å². The van der Waals surface area contributed by atoms with Crippen molar-refractivity contribution in [3.05, 3.63) is 0 Å². The van der Waals surface area contributed by atoms with Crippen LogP contribution >= 0.6 is 0 Å². The van der Waals surface area contributed by atoms with Gasteiger partial charge in [-0.2, -0.15) is 0 Å². The maximum Gasteiger partial charge on any atom is 2.00 e. The van der Waals surface area contributed by atoms with Gasteiger partial charge in [-0.25, -0.2) is 0 Å². The largest absolute Gasteiger partial charge is 2.00 e. The molecule has 0 saturated carbocycles. The molecule has 0 unspecified atom stereocenters. The molecule has 0 aliphatic carbocycles. The summed E-state index contributed by atoms with van der Waals surface area (Å²) in [6.45, 7) is 18.0. The van der Waals surface area contributed by atoms with Crippen LogP contribution in [0.3, 0.4) is 0 Å². The molecule has 0 heterocycles. The van der Waals surface area contributed by atoms with Gasteiger partial charge in [0.15, 0.2) is 0 Å². The maximum absolute atomic E-state index is 11.2. The van der Waals surface area contributed by atoms with Crippen LogP contribution in [0.1, 0.15) is 69.2 Å². The van der Waals surface area contributed by atoms with Gasteiger partial charge in [0, 0.05) is 12.1 Å². The summed E-state index contributed by atoms with van der Waals surface area (Å²) in [6.07, 6.45) is 0. The SMILES string of the molecule is CC(=NC(C)C)C(C)(C)[O-].CC(=NC(C)C)C(C)(C)[O-].[Ni+2]. The van der Waals surface area contributed by atoms with E-state index in [1.54, 1.807) is 41.5 Å². The number of aliphatic imine (C=N–C) groups is 2. The smallest absolute Gasteiger partial charge is 0.846 e. The van der Waals surface area contributed by atoms with E-state index in [-0.39, 0.29) is 28.6 Å². The predicted octanol–water partition coefficient (Wildman–Crippen LogP) is 1.99. The molecule has 0 N–H and O–H groups in total. The topological polar surface area (TPSA) is 70.8 Å². The van der Waals surface area contributed by atoms with Gasteiger partial charge in [0.1, 0.15) is 0 Å². The molecule has 0 aromatic heterocycles. The molecule has 0 fully saturated rings. The molecule has 21 heavy (non-hydrogen) atoms. The van der Waals surface area contributed by atoms with Gasteiger partial charge in [-0.05, 0) is 53.0 Å². The summed E-state index contributed by atoms with van der Waals surface area (Å²) in [6, 6.07) is 0.460. The molecule has 0 aliphatic heterocycles. The maximum atomic E-state index is 11.2. The minimum atomic E-state index is -1.01. The normalized spacial score (nSPS) is 13.8. The minimum absolute atomic E-state index is 0. The Morgan fingerprint density at radius 2 is 0.905 bits per heavy atom. The molecule has 5 heteroatoms. The van der Waals surface area contributed by atoms with Crippen molar-refractivity contribution in [3.8, 4) is 0 Å². The summed E-state index contributed by atoms with van der Waals surface area (Å²) in [5, 5.41) is 22.4. The standard InChI is InChI=1S/2C8H16NO.Ni/c2*1-6(2)9-7(3)8(4,5)10;/h2*6H,1-5H3;/q2*-1;+2. The van der Waals surface area contributed by atoms with E-state index in [2.05, 4.69) is 9.98 Å². The van der Waals surface area contributed by atoms with E-state index in [0.717, 1.165) is 0 Å². The Balaban J connectivity index is -0.000000295. The zero-order chi connectivity index (χ0) is 16.7. The second kappa shape index (κ2) is 10.5. The third-order valence-electron chi connectivity index (χ3n) is 2.65. The van der Waals surface area contributed by atoms with Crippen molar-refractivity contribution in [1.29, 1.82) is 0 Å². The van der Waals surface area contributed by atoms with Crippen LogP contribution in [-0.2, 0) is 16.5 Å². The molecule has 0 radical (unpaired) electrons. The van der Waals surface area contributed by atoms with Gasteiger partial charge < -0.3 is 10.2 Å². The molecule has 4 nitrogen and oxygen atoms in total. The second-order valence-electron chi connectivity index (χ2n) is 6.64. The fourth-order valence-corrected chi connectivity index (χ4v) is 1.09. The van der Waals surface area contributed by atoms with Crippen molar-refractivity contribution in [2.45, 2.75) is 92.5 Å². The van der Waals surface area contributed by atoms with Gasteiger partial charge in [-0.3, -0.25) is 9.98 Å². The third-order valence-corrected chi connectivity index (χ3v) is 2.65. The summed E-state index contributed by atoms with van der Waals surface area (Å²) < 4.78 is 0. The van der Waals surface area contributed by atoms with Crippen molar-refractivity contribution in [2.75, 3.05) is 0 Å². The number of hydrogen-bond donors (Lipinski definition) is 0. The third kappa shape index (κ3) is 16.0. The fourth-order valence-electron chi connectivity index (χ4n) is 1.09. The average molecular weight is 343 g/mol. The van der Waals surface area contributed by atoms with Crippen LogP contribution < -0.4 is 10.2 Å². The molecule has 0 spiro atoms. The van der Waals surface area contributed by atoms with E-state index in [1.807, 2.05) is 27.7 Å². The predicted molar refractivity (Wildman–Crippen MR) is 84.6 cm³/mol. The number of hydrogen-bond acceptors (Lipinski definition) is 4. The summed E-state index contributed by atoms with van der Waals surface area (Å²) in [4.78, 5) is 8.31. The molecule has 0 aromatic carbocycles. The van der Waals surface area contributed by atoms with E-state index < -0.39 is 11.2 Å². The first-order valence-electron chi connectivity index (χ1n) is 7.18. The van der Waals surface area contributed by atoms with E-state index in [9.17, 15) is 10.2 Å². The minimum Gasteiger partial charge on any atom is -0.846 e. The van der Waals surface area contributed by atoms with Crippen molar-refractivity contribution in [2.24, 2.45) is 9.98 Å². The monoisotopic (exact) mass is 342 g/mol. The van der Waals surface area contributed by atoms with Crippen molar-refractivity contribution in [1.82, 2.24) is 0 Å². The first-order chi connectivity index (χ1) is 8.67. The van der Waals surface area contributed by atoms with E-state index in [0.29, 0.717) is 11.4 Å². The molecule has 0 saturated heterocycles. The van der Waals surface area contributed by atoms with Crippen LogP contribution in [0.15, 0.2) is 9.98 Å².